The maximum absolute atomic E-state index is 6.41. The van der Waals surface area contributed by atoms with E-state index in [2.05, 4.69) is 127 Å². The number of furan rings is 1. The van der Waals surface area contributed by atoms with Crippen molar-refractivity contribution in [3.05, 3.63) is 168 Å². The lowest BCUT2D eigenvalue weighted by molar-refractivity contribution is 0.668. The van der Waals surface area contributed by atoms with Crippen molar-refractivity contribution in [1.82, 2.24) is 5.32 Å². The Labute approximate surface area is 260 Å². The van der Waals surface area contributed by atoms with E-state index in [4.69, 9.17) is 14.4 Å². The summed E-state index contributed by atoms with van der Waals surface area (Å²) in [5.74, 6) is 1.46. The fourth-order valence-electron chi connectivity index (χ4n) is 6.60. The van der Waals surface area contributed by atoms with E-state index in [1.807, 2.05) is 30.3 Å². The molecule has 0 amide bonds. The molecule has 1 aromatic heterocycles. The third-order valence-electron chi connectivity index (χ3n) is 8.74. The number of para-hydroxylation sites is 1. The molecule has 0 aliphatic carbocycles. The Kier molecular flexibility index (Phi) is 5.85. The molecule has 0 fully saturated rings. The van der Waals surface area contributed by atoms with E-state index in [1.165, 1.54) is 16.2 Å². The van der Waals surface area contributed by atoms with Crippen LogP contribution in [-0.2, 0) is 0 Å². The Hall–Kier alpha value is -6.00. The van der Waals surface area contributed by atoms with E-state index in [1.54, 1.807) is 0 Å². The van der Waals surface area contributed by atoms with Crippen molar-refractivity contribution in [3.63, 3.8) is 0 Å². The lowest BCUT2D eigenvalue weighted by atomic mass is 9.92. The van der Waals surface area contributed by atoms with E-state index in [0.29, 0.717) is 5.84 Å². The van der Waals surface area contributed by atoms with Gasteiger partial charge in [0, 0.05) is 27.5 Å². The normalized spacial score (nSPS) is 14.9. The molecule has 0 radical (unpaired) electrons. The first-order chi connectivity index (χ1) is 22.3. The number of rotatable bonds is 4. The van der Waals surface area contributed by atoms with Crippen LogP contribution in [0.3, 0.4) is 0 Å². The van der Waals surface area contributed by atoms with Crippen molar-refractivity contribution in [2.75, 3.05) is 0 Å². The van der Waals surface area contributed by atoms with E-state index >= 15 is 0 Å². The molecule has 0 spiro atoms. The third-order valence-corrected chi connectivity index (χ3v) is 8.74. The maximum atomic E-state index is 6.41. The molecule has 4 nitrogen and oxygen atoms in total. The van der Waals surface area contributed by atoms with E-state index in [9.17, 15) is 0 Å². The number of hydrogen-bond acceptors (Lipinski definition) is 4. The summed E-state index contributed by atoms with van der Waals surface area (Å²) in [4.78, 5) is 10.7. The predicted octanol–water partition coefficient (Wildman–Crippen LogP) is 10.1. The summed E-state index contributed by atoms with van der Waals surface area (Å²) >= 11 is 0. The minimum atomic E-state index is -0.350. The molecule has 0 bridgehead atoms. The average Bonchev–Trinajstić information content (AvgIpc) is 3.50. The first-order valence-electron chi connectivity index (χ1n) is 15.2. The van der Waals surface area contributed by atoms with E-state index in [-0.39, 0.29) is 6.17 Å². The summed E-state index contributed by atoms with van der Waals surface area (Å²) < 4.78 is 6.41. The van der Waals surface area contributed by atoms with Crippen LogP contribution in [0.2, 0.25) is 0 Å². The molecular weight excluding hydrogens is 550 g/mol. The molecule has 45 heavy (non-hydrogen) atoms. The van der Waals surface area contributed by atoms with Gasteiger partial charge >= 0.3 is 0 Å². The summed E-state index contributed by atoms with van der Waals surface area (Å²) in [5, 5.41) is 10.5. The van der Waals surface area contributed by atoms with Gasteiger partial charge in [-0.25, -0.2) is 9.98 Å². The molecule has 1 unspecified atom stereocenters. The van der Waals surface area contributed by atoms with E-state index < -0.39 is 0 Å². The van der Waals surface area contributed by atoms with Crippen LogP contribution in [0.15, 0.2) is 166 Å². The second-order valence-electron chi connectivity index (χ2n) is 11.4. The van der Waals surface area contributed by atoms with Crippen LogP contribution in [0.25, 0.3) is 54.6 Å². The zero-order valence-electron chi connectivity index (χ0n) is 24.3. The predicted molar refractivity (Wildman–Crippen MR) is 186 cm³/mol. The monoisotopic (exact) mass is 577 g/mol. The number of hydrogen-bond donors (Lipinski definition) is 1. The van der Waals surface area contributed by atoms with Crippen LogP contribution in [0.1, 0.15) is 22.9 Å². The highest BCUT2D eigenvalue weighted by atomic mass is 16.3. The summed E-state index contributed by atoms with van der Waals surface area (Å²) in [6.07, 6.45) is -0.350. The van der Waals surface area contributed by atoms with Crippen LogP contribution in [-0.4, -0.2) is 11.7 Å². The third kappa shape index (κ3) is 4.30. The van der Waals surface area contributed by atoms with Crippen molar-refractivity contribution < 1.29 is 4.42 Å². The Morgan fingerprint density at radius 3 is 2.16 bits per heavy atom. The Balaban J connectivity index is 1.36. The van der Waals surface area contributed by atoms with Crippen molar-refractivity contribution in [2.24, 2.45) is 9.98 Å². The van der Waals surface area contributed by atoms with Gasteiger partial charge in [0.1, 0.15) is 23.2 Å². The quantitative estimate of drug-likeness (QED) is 0.226. The molecule has 0 saturated carbocycles. The van der Waals surface area contributed by atoms with Crippen LogP contribution in [0.4, 0.5) is 0 Å². The number of nitrogens with zero attached hydrogens (tertiary/aromatic N) is 2. The van der Waals surface area contributed by atoms with Gasteiger partial charge in [-0.1, -0.05) is 127 Å². The van der Waals surface area contributed by atoms with Gasteiger partial charge in [0.2, 0.25) is 0 Å². The van der Waals surface area contributed by atoms with Gasteiger partial charge in [-0.3, -0.25) is 0 Å². The molecule has 1 atom stereocenters. The maximum Gasteiger partial charge on any atom is 0.160 e. The zero-order chi connectivity index (χ0) is 29.7. The minimum absolute atomic E-state index is 0.350. The van der Waals surface area contributed by atoms with Crippen LogP contribution < -0.4 is 5.32 Å². The molecule has 9 rings (SSSR count). The summed E-state index contributed by atoms with van der Waals surface area (Å²) in [6.45, 7) is 0. The molecule has 7 aromatic carbocycles. The number of benzene rings is 7. The minimum Gasteiger partial charge on any atom is -0.456 e. The van der Waals surface area contributed by atoms with Crippen molar-refractivity contribution in [3.8, 4) is 11.1 Å². The Bertz CT molecular complexity index is 2470. The lowest BCUT2D eigenvalue weighted by Crippen LogP contribution is -2.33. The molecule has 212 valence electrons. The molecule has 2 heterocycles. The van der Waals surface area contributed by atoms with Gasteiger partial charge in [0.25, 0.3) is 0 Å². The summed E-state index contributed by atoms with van der Waals surface area (Å²) in [5.41, 5.74) is 6.90. The van der Waals surface area contributed by atoms with Crippen LogP contribution in [0.5, 0.6) is 0 Å². The van der Waals surface area contributed by atoms with Gasteiger partial charge in [0.15, 0.2) is 5.84 Å². The molecule has 8 aromatic rings. The smallest absolute Gasteiger partial charge is 0.160 e. The van der Waals surface area contributed by atoms with Crippen molar-refractivity contribution >= 4 is 55.2 Å². The fourth-order valence-corrected chi connectivity index (χ4v) is 6.60. The van der Waals surface area contributed by atoms with Gasteiger partial charge in [-0.15, -0.1) is 0 Å². The topological polar surface area (TPSA) is 49.9 Å². The number of fused-ring (bicyclic) bond motifs is 5. The van der Waals surface area contributed by atoms with Crippen molar-refractivity contribution in [1.29, 1.82) is 0 Å². The first kappa shape index (κ1) is 25.5. The number of amidine groups is 2. The average molecular weight is 578 g/mol. The second-order valence-corrected chi connectivity index (χ2v) is 11.4. The SMILES string of the molecule is c1ccc(C2=NC(c3c(-c4ccc5ccccc5c4)ccc4oc5ccccc5c34)=NC(c3cccc4ccccc34)N2)cc1. The van der Waals surface area contributed by atoms with Gasteiger partial charge in [-0.2, -0.15) is 0 Å². The molecular formula is C41H27N3O. The largest absolute Gasteiger partial charge is 0.456 e. The molecule has 1 N–H and O–H groups in total. The highest BCUT2D eigenvalue weighted by molar-refractivity contribution is 6.25. The lowest BCUT2D eigenvalue weighted by Gasteiger charge is -2.25. The molecule has 1 aliphatic heterocycles. The van der Waals surface area contributed by atoms with Crippen molar-refractivity contribution in [2.45, 2.75) is 6.17 Å². The van der Waals surface area contributed by atoms with Crippen LogP contribution >= 0.6 is 0 Å². The van der Waals surface area contributed by atoms with Gasteiger partial charge in [-0.05, 0) is 56.9 Å². The highest BCUT2D eigenvalue weighted by Crippen LogP contribution is 2.40. The Morgan fingerprint density at radius 1 is 0.533 bits per heavy atom. The molecule has 0 saturated heterocycles. The Morgan fingerprint density at radius 2 is 1.27 bits per heavy atom. The fraction of sp³-hybridized carbons (Fsp3) is 0.0244. The van der Waals surface area contributed by atoms with Gasteiger partial charge in [0.05, 0.1) is 0 Å². The molecule has 4 heteroatoms. The number of aliphatic imine (C=N–C) groups is 2. The summed E-state index contributed by atoms with van der Waals surface area (Å²) in [6, 6.07) is 52.8. The number of nitrogens with one attached hydrogen (secondary N) is 1. The first-order valence-corrected chi connectivity index (χ1v) is 15.2. The van der Waals surface area contributed by atoms with Gasteiger partial charge < -0.3 is 9.73 Å². The van der Waals surface area contributed by atoms with E-state index in [0.717, 1.165) is 61.0 Å². The highest BCUT2D eigenvalue weighted by Gasteiger charge is 2.27. The summed E-state index contributed by atoms with van der Waals surface area (Å²) in [7, 11) is 0. The van der Waals surface area contributed by atoms with Crippen LogP contribution in [0, 0.1) is 0 Å². The molecule has 1 aliphatic rings. The standard InChI is InChI=1S/C41H27N3O/c1-2-13-28(14-3-1)39-42-40(33-19-10-16-27-12-6-7-17-31(27)33)44-41(43-39)38-32(30-22-21-26-11-4-5-15-29(26)25-30)23-24-36-37(38)34-18-8-9-20-35(34)45-36/h1-25,40H,(H,42,43,44). The second kappa shape index (κ2) is 10.3. The zero-order valence-corrected chi connectivity index (χ0v) is 24.3.